The highest BCUT2D eigenvalue weighted by molar-refractivity contribution is 5.32. The maximum Gasteiger partial charge on any atom is 0.115 e. The van der Waals surface area contributed by atoms with Gasteiger partial charge < -0.3 is 5.11 Å². The van der Waals surface area contributed by atoms with Crippen LogP contribution in [0.5, 0.6) is 5.75 Å². The number of aryl methyl sites for hydroxylation is 1. The molecule has 0 saturated heterocycles. The van der Waals surface area contributed by atoms with Crippen molar-refractivity contribution in [2.45, 2.75) is 58.3 Å². The average Bonchev–Trinajstić information content (AvgIpc) is 2.56. The van der Waals surface area contributed by atoms with E-state index in [1.54, 1.807) is 0 Å². The summed E-state index contributed by atoms with van der Waals surface area (Å²) >= 11 is 0. The van der Waals surface area contributed by atoms with Crippen molar-refractivity contribution >= 4 is 0 Å². The number of phenolic OH excluding ortho intramolecular Hbond substituents is 1. The van der Waals surface area contributed by atoms with Crippen LogP contribution in [-0.4, -0.2) is 5.11 Å². The number of benzene rings is 2. The fourth-order valence-corrected chi connectivity index (χ4v) is 4.38. The molecule has 24 heavy (non-hydrogen) atoms. The number of aromatic hydroxyl groups is 1. The molecule has 3 atom stereocenters. The van der Waals surface area contributed by atoms with Crippen LogP contribution < -0.4 is 0 Å². The largest absolute Gasteiger partial charge is 0.508 e. The van der Waals surface area contributed by atoms with Gasteiger partial charge in [-0.3, -0.25) is 0 Å². The molecule has 1 nitrogen and oxygen atoms in total. The molecule has 0 radical (unpaired) electrons. The van der Waals surface area contributed by atoms with E-state index < -0.39 is 0 Å². The van der Waals surface area contributed by atoms with Crippen molar-refractivity contribution in [2.24, 2.45) is 11.8 Å². The van der Waals surface area contributed by atoms with E-state index in [9.17, 15) is 5.11 Å². The highest BCUT2D eigenvalue weighted by Crippen LogP contribution is 2.48. The van der Waals surface area contributed by atoms with Gasteiger partial charge in [0.2, 0.25) is 0 Å². The standard InChI is InChI=1S/C23H30O/c1-16-5-8-18(9-6-16)22-15-20(10-7-17(22)2)23(3,4)19-11-13-21(24)14-12-19/h5-6,8-9,11-14,17,20,22,24H,7,10,15H2,1-4H3. The van der Waals surface area contributed by atoms with Gasteiger partial charge in [-0.25, -0.2) is 0 Å². The molecule has 0 heterocycles. The first-order chi connectivity index (χ1) is 11.4. The Balaban J connectivity index is 1.84. The molecule has 0 bridgehead atoms. The van der Waals surface area contributed by atoms with E-state index in [1.807, 2.05) is 12.1 Å². The Labute approximate surface area is 146 Å². The molecule has 1 N–H and O–H groups in total. The normalized spacial score (nSPS) is 24.8. The molecule has 0 spiro atoms. The minimum absolute atomic E-state index is 0.136. The van der Waals surface area contributed by atoms with Crippen LogP contribution in [0.3, 0.4) is 0 Å². The highest BCUT2D eigenvalue weighted by Gasteiger charge is 2.38. The molecular formula is C23H30O. The molecular weight excluding hydrogens is 292 g/mol. The lowest BCUT2D eigenvalue weighted by molar-refractivity contribution is 0.177. The van der Waals surface area contributed by atoms with E-state index in [-0.39, 0.29) is 5.41 Å². The third-order valence-electron chi connectivity index (χ3n) is 6.33. The van der Waals surface area contributed by atoms with Crippen LogP contribution in [0.4, 0.5) is 0 Å². The van der Waals surface area contributed by atoms with Crippen LogP contribution in [0.1, 0.15) is 62.6 Å². The molecule has 2 aromatic carbocycles. The third kappa shape index (κ3) is 3.36. The van der Waals surface area contributed by atoms with Crippen LogP contribution in [0.2, 0.25) is 0 Å². The van der Waals surface area contributed by atoms with Gasteiger partial charge in [-0.1, -0.05) is 62.7 Å². The Bertz CT molecular complexity index is 666. The predicted molar refractivity (Wildman–Crippen MR) is 102 cm³/mol. The molecule has 128 valence electrons. The molecule has 0 aromatic heterocycles. The number of rotatable bonds is 3. The van der Waals surface area contributed by atoms with Crippen molar-refractivity contribution in [3.05, 3.63) is 65.2 Å². The van der Waals surface area contributed by atoms with Gasteiger partial charge in [0.25, 0.3) is 0 Å². The Morgan fingerprint density at radius 1 is 0.917 bits per heavy atom. The molecule has 3 unspecified atom stereocenters. The molecule has 1 saturated carbocycles. The van der Waals surface area contributed by atoms with E-state index >= 15 is 0 Å². The minimum Gasteiger partial charge on any atom is -0.508 e. The summed E-state index contributed by atoms with van der Waals surface area (Å²) in [4.78, 5) is 0. The maximum absolute atomic E-state index is 9.58. The van der Waals surface area contributed by atoms with Crippen molar-refractivity contribution in [2.75, 3.05) is 0 Å². The van der Waals surface area contributed by atoms with Crippen molar-refractivity contribution < 1.29 is 5.11 Å². The van der Waals surface area contributed by atoms with E-state index in [2.05, 4.69) is 64.1 Å². The second-order valence-corrected chi connectivity index (χ2v) is 8.27. The van der Waals surface area contributed by atoms with E-state index in [0.29, 0.717) is 17.6 Å². The number of phenols is 1. The maximum atomic E-state index is 9.58. The second kappa shape index (κ2) is 6.63. The smallest absolute Gasteiger partial charge is 0.115 e. The van der Waals surface area contributed by atoms with Crippen LogP contribution >= 0.6 is 0 Å². The molecule has 0 aliphatic heterocycles. The molecule has 1 fully saturated rings. The first-order valence-electron chi connectivity index (χ1n) is 9.24. The zero-order valence-electron chi connectivity index (χ0n) is 15.4. The van der Waals surface area contributed by atoms with Crippen molar-refractivity contribution in [1.82, 2.24) is 0 Å². The van der Waals surface area contributed by atoms with Crippen LogP contribution in [0.25, 0.3) is 0 Å². The Hall–Kier alpha value is -1.76. The molecule has 1 aliphatic rings. The zero-order valence-corrected chi connectivity index (χ0v) is 15.4. The monoisotopic (exact) mass is 322 g/mol. The van der Waals surface area contributed by atoms with Crippen LogP contribution in [0, 0.1) is 18.8 Å². The molecule has 1 aliphatic carbocycles. The summed E-state index contributed by atoms with van der Waals surface area (Å²) in [7, 11) is 0. The van der Waals surface area contributed by atoms with Gasteiger partial charge in [0, 0.05) is 0 Å². The Morgan fingerprint density at radius 3 is 2.17 bits per heavy atom. The van der Waals surface area contributed by atoms with Crippen LogP contribution in [-0.2, 0) is 5.41 Å². The van der Waals surface area contributed by atoms with Gasteiger partial charge in [-0.2, -0.15) is 0 Å². The lowest BCUT2D eigenvalue weighted by Crippen LogP contribution is -2.34. The summed E-state index contributed by atoms with van der Waals surface area (Å²) in [5.74, 6) is 2.43. The summed E-state index contributed by atoms with van der Waals surface area (Å²) < 4.78 is 0. The van der Waals surface area contributed by atoms with Crippen molar-refractivity contribution in [3.63, 3.8) is 0 Å². The summed E-state index contributed by atoms with van der Waals surface area (Å²) in [6, 6.07) is 17.0. The first kappa shape index (κ1) is 17.1. The van der Waals surface area contributed by atoms with E-state index in [0.717, 1.165) is 5.92 Å². The highest BCUT2D eigenvalue weighted by atomic mass is 16.3. The second-order valence-electron chi connectivity index (χ2n) is 8.27. The summed E-state index contributed by atoms with van der Waals surface area (Å²) in [5, 5.41) is 9.58. The quantitative estimate of drug-likeness (QED) is 0.713. The lowest BCUT2D eigenvalue weighted by atomic mass is 9.62. The summed E-state index contributed by atoms with van der Waals surface area (Å²) in [5.41, 5.74) is 4.31. The predicted octanol–water partition coefficient (Wildman–Crippen LogP) is 6.20. The summed E-state index contributed by atoms with van der Waals surface area (Å²) in [6.45, 7) is 9.30. The molecule has 0 amide bonds. The first-order valence-corrected chi connectivity index (χ1v) is 9.24. The van der Waals surface area contributed by atoms with E-state index in [4.69, 9.17) is 0 Å². The third-order valence-corrected chi connectivity index (χ3v) is 6.33. The Kier molecular flexibility index (Phi) is 4.71. The zero-order chi connectivity index (χ0) is 17.3. The van der Waals surface area contributed by atoms with Crippen molar-refractivity contribution in [1.29, 1.82) is 0 Å². The van der Waals surface area contributed by atoms with Gasteiger partial charge in [-0.05, 0) is 72.6 Å². The van der Waals surface area contributed by atoms with E-state index in [1.165, 1.54) is 36.0 Å². The minimum atomic E-state index is 0.136. The molecule has 3 rings (SSSR count). The Morgan fingerprint density at radius 2 is 1.54 bits per heavy atom. The van der Waals surface area contributed by atoms with Crippen LogP contribution in [0.15, 0.2) is 48.5 Å². The molecule has 2 aromatic rings. The van der Waals surface area contributed by atoms with Gasteiger partial charge in [0.15, 0.2) is 0 Å². The lowest BCUT2D eigenvalue weighted by Gasteiger charge is -2.43. The fourth-order valence-electron chi connectivity index (χ4n) is 4.38. The SMILES string of the molecule is Cc1ccc(C2CC(C(C)(C)c3ccc(O)cc3)CCC2C)cc1. The fraction of sp³-hybridized carbons (Fsp3) is 0.478. The van der Waals surface area contributed by atoms with Gasteiger partial charge in [0.05, 0.1) is 0 Å². The number of hydrogen-bond acceptors (Lipinski definition) is 1. The van der Waals surface area contributed by atoms with Gasteiger partial charge in [0.1, 0.15) is 5.75 Å². The van der Waals surface area contributed by atoms with Gasteiger partial charge >= 0.3 is 0 Å². The van der Waals surface area contributed by atoms with Gasteiger partial charge in [-0.15, -0.1) is 0 Å². The average molecular weight is 322 g/mol. The van der Waals surface area contributed by atoms with Crippen molar-refractivity contribution in [3.8, 4) is 5.75 Å². The molecule has 1 heteroatoms. The summed E-state index contributed by atoms with van der Waals surface area (Å²) in [6.07, 6.45) is 3.83. The number of hydrogen-bond donors (Lipinski definition) is 1. The topological polar surface area (TPSA) is 20.2 Å².